The normalized spacial score (nSPS) is 13.3. The molecular formula is C13H13BrN2O4S2. The van der Waals surface area contributed by atoms with Gasteiger partial charge in [-0.25, -0.2) is 0 Å². The number of carbonyl (C=O) groups excluding carboxylic acids is 1. The minimum Gasteiger partial charge on any atom is -0.465 e. The molecule has 0 unspecified atom stereocenters. The lowest BCUT2D eigenvalue weighted by Crippen LogP contribution is -2.23. The molecule has 0 aliphatic carbocycles. The summed E-state index contributed by atoms with van der Waals surface area (Å²) in [6, 6.07) is 7.61. The largest absolute Gasteiger partial charge is 0.465 e. The number of sulfonamides is 1. The molecule has 0 amide bonds. The summed E-state index contributed by atoms with van der Waals surface area (Å²) >= 11 is 4.13. The van der Waals surface area contributed by atoms with Crippen molar-refractivity contribution < 1.29 is 17.9 Å². The minimum atomic E-state index is -4.00. The molecule has 0 saturated heterocycles. The molecule has 0 aliphatic heterocycles. The highest BCUT2D eigenvalue weighted by molar-refractivity contribution is 9.10. The summed E-state index contributed by atoms with van der Waals surface area (Å²) in [6.07, 6.45) is 1.54. The van der Waals surface area contributed by atoms with E-state index < -0.39 is 21.9 Å². The van der Waals surface area contributed by atoms with Gasteiger partial charge in [-0.2, -0.15) is 18.1 Å². The van der Waals surface area contributed by atoms with E-state index in [-0.39, 0.29) is 16.5 Å². The number of nitrogens with zero attached hydrogens (tertiary/aromatic N) is 2. The Morgan fingerprint density at radius 3 is 2.50 bits per heavy atom. The number of hydrogen-bond donors (Lipinski definition) is 0. The standard InChI is InChI=1S/C13H13BrN2O4S2/c1-3-20-13(17)11(8-15)12(21-2)16-22(18,19)10-6-4-9(14)5-7-10/h4-7,11H,3H2,1-2H3/t11-/m0/s1. The van der Waals surface area contributed by atoms with E-state index in [1.807, 2.05) is 0 Å². The average molecular weight is 405 g/mol. The number of nitriles is 1. The topological polar surface area (TPSA) is 96.6 Å². The average Bonchev–Trinajstić information content (AvgIpc) is 2.47. The van der Waals surface area contributed by atoms with Crippen LogP contribution in [0.1, 0.15) is 6.92 Å². The Balaban J connectivity index is 3.22. The third kappa shape index (κ3) is 4.83. The van der Waals surface area contributed by atoms with E-state index in [9.17, 15) is 13.2 Å². The lowest BCUT2D eigenvalue weighted by atomic mass is 10.2. The van der Waals surface area contributed by atoms with E-state index in [4.69, 9.17) is 10.00 Å². The third-order valence-corrected chi connectivity index (χ3v) is 5.12. The lowest BCUT2D eigenvalue weighted by Gasteiger charge is -2.09. The fourth-order valence-electron chi connectivity index (χ4n) is 1.42. The van der Waals surface area contributed by atoms with E-state index in [0.717, 1.165) is 16.2 Å². The van der Waals surface area contributed by atoms with Crippen molar-refractivity contribution in [1.82, 2.24) is 0 Å². The zero-order chi connectivity index (χ0) is 16.8. The maximum Gasteiger partial charge on any atom is 0.330 e. The molecule has 0 spiro atoms. The first-order valence-electron chi connectivity index (χ1n) is 6.06. The van der Waals surface area contributed by atoms with Gasteiger partial charge in [0.15, 0.2) is 5.92 Å². The van der Waals surface area contributed by atoms with Gasteiger partial charge in [0.1, 0.15) is 5.04 Å². The van der Waals surface area contributed by atoms with Crippen molar-refractivity contribution >= 4 is 48.7 Å². The van der Waals surface area contributed by atoms with Crippen LogP contribution < -0.4 is 0 Å². The molecule has 0 radical (unpaired) electrons. The van der Waals surface area contributed by atoms with Gasteiger partial charge in [-0.15, -0.1) is 11.8 Å². The van der Waals surface area contributed by atoms with E-state index in [1.54, 1.807) is 31.4 Å². The molecule has 1 aromatic rings. The lowest BCUT2D eigenvalue weighted by molar-refractivity contribution is -0.143. The Morgan fingerprint density at radius 1 is 1.45 bits per heavy atom. The molecule has 1 aromatic carbocycles. The van der Waals surface area contributed by atoms with Gasteiger partial charge < -0.3 is 4.74 Å². The molecule has 1 rings (SSSR count). The molecule has 0 fully saturated rings. The molecule has 0 bridgehead atoms. The SMILES string of the molecule is CCOC(=O)[C@@H](C#N)C(=NS(=O)(=O)c1ccc(Br)cc1)SC. The summed E-state index contributed by atoms with van der Waals surface area (Å²) in [7, 11) is -4.00. The minimum absolute atomic E-state index is 0.0252. The Labute approximate surface area is 141 Å². The van der Waals surface area contributed by atoms with E-state index in [0.29, 0.717) is 0 Å². The summed E-state index contributed by atoms with van der Waals surface area (Å²) in [5.41, 5.74) is 0. The zero-order valence-electron chi connectivity index (χ0n) is 11.8. The molecule has 118 valence electrons. The highest BCUT2D eigenvalue weighted by Gasteiger charge is 2.28. The highest BCUT2D eigenvalue weighted by Crippen LogP contribution is 2.20. The van der Waals surface area contributed by atoms with Crippen LogP contribution in [0.3, 0.4) is 0 Å². The molecule has 22 heavy (non-hydrogen) atoms. The second-order valence-electron chi connectivity index (χ2n) is 3.88. The molecule has 1 atom stereocenters. The number of esters is 1. The van der Waals surface area contributed by atoms with Crippen LogP contribution in [0.25, 0.3) is 0 Å². The molecule has 0 saturated carbocycles. The molecule has 0 heterocycles. The first kappa shape index (κ1) is 18.7. The summed E-state index contributed by atoms with van der Waals surface area (Å²) in [5, 5.41) is 8.96. The Kier molecular flexibility index (Phi) is 7.06. The highest BCUT2D eigenvalue weighted by atomic mass is 79.9. The number of carbonyl (C=O) groups is 1. The van der Waals surface area contributed by atoms with Crippen molar-refractivity contribution in [2.24, 2.45) is 10.3 Å². The van der Waals surface area contributed by atoms with Crippen LogP contribution in [0, 0.1) is 17.2 Å². The van der Waals surface area contributed by atoms with E-state index in [1.165, 1.54) is 12.1 Å². The van der Waals surface area contributed by atoms with Crippen LogP contribution in [0.2, 0.25) is 0 Å². The summed E-state index contributed by atoms with van der Waals surface area (Å²) in [6.45, 7) is 1.69. The Morgan fingerprint density at radius 2 is 2.05 bits per heavy atom. The zero-order valence-corrected chi connectivity index (χ0v) is 15.0. The Hall–Kier alpha value is -1.37. The number of thioether (sulfide) groups is 1. The van der Waals surface area contributed by atoms with E-state index in [2.05, 4.69) is 20.3 Å². The molecular weight excluding hydrogens is 392 g/mol. The van der Waals surface area contributed by atoms with Crippen molar-refractivity contribution in [3.05, 3.63) is 28.7 Å². The number of ether oxygens (including phenoxy) is 1. The fraction of sp³-hybridized carbons (Fsp3) is 0.308. The molecule has 9 heteroatoms. The fourth-order valence-corrected chi connectivity index (χ4v) is 3.59. The van der Waals surface area contributed by atoms with Crippen molar-refractivity contribution in [1.29, 1.82) is 5.26 Å². The first-order chi connectivity index (χ1) is 10.4. The van der Waals surface area contributed by atoms with Crippen molar-refractivity contribution in [3.63, 3.8) is 0 Å². The maximum absolute atomic E-state index is 12.2. The van der Waals surface area contributed by atoms with Crippen LogP contribution in [0.15, 0.2) is 38.0 Å². The van der Waals surface area contributed by atoms with Crippen LogP contribution in [-0.4, -0.2) is 32.3 Å². The second-order valence-corrected chi connectivity index (χ2v) is 7.22. The van der Waals surface area contributed by atoms with Gasteiger partial charge in [-0.3, -0.25) is 4.79 Å². The van der Waals surface area contributed by atoms with E-state index >= 15 is 0 Å². The molecule has 0 aromatic heterocycles. The van der Waals surface area contributed by atoms with Gasteiger partial charge in [-0.1, -0.05) is 15.9 Å². The van der Waals surface area contributed by atoms with Gasteiger partial charge >= 0.3 is 5.97 Å². The second kappa shape index (κ2) is 8.31. The smallest absolute Gasteiger partial charge is 0.330 e. The van der Waals surface area contributed by atoms with Crippen molar-refractivity contribution in [2.75, 3.05) is 12.9 Å². The van der Waals surface area contributed by atoms with Gasteiger partial charge in [0.25, 0.3) is 10.0 Å². The predicted octanol–water partition coefficient (Wildman–Crippen LogP) is 2.60. The third-order valence-electron chi connectivity index (χ3n) is 2.43. The number of halogens is 1. The van der Waals surface area contributed by atoms with Gasteiger partial charge in [0.05, 0.1) is 17.6 Å². The van der Waals surface area contributed by atoms with Crippen molar-refractivity contribution in [2.45, 2.75) is 11.8 Å². The maximum atomic E-state index is 12.2. The molecule has 0 N–H and O–H groups in total. The van der Waals surface area contributed by atoms with Crippen LogP contribution >= 0.6 is 27.7 Å². The molecule has 6 nitrogen and oxygen atoms in total. The quantitative estimate of drug-likeness (QED) is 0.425. The van der Waals surface area contributed by atoms with Gasteiger partial charge in [0, 0.05) is 4.47 Å². The number of rotatable bonds is 5. The van der Waals surface area contributed by atoms with Crippen LogP contribution in [0.5, 0.6) is 0 Å². The summed E-state index contributed by atoms with van der Waals surface area (Å²) in [5.74, 6) is -2.18. The van der Waals surface area contributed by atoms with Crippen LogP contribution in [-0.2, 0) is 19.6 Å². The number of benzene rings is 1. The first-order valence-corrected chi connectivity index (χ1v) is 9.52. The van der Waals surface area contributed by atoms with Gasteiger partial charge in [-0.05, 0) is 37.4 Å². The Bertz CT molecular complexity index is 709. The predicted molar refractivity (Wildman–Crippen MR) is 88.0 cm³/mol. The monoisotopic (exact) mass is 404 g/mol. The summed E-state index contributed by atoms with van der Waals surface area (Å²) in [4.78, 5) is 11.7. The van der Waals surface area contributed by atoms with Crippen molar-refractivity contribution in [3.8, 4) is 6.07 Å². The summed E-state index contributed by atoms with van der Waals surface area (Å²) < 4.78 is 33.6. The number of hydrogen-bond acceptors (Lipinski definition) is 6. The molecule has 0 aliphatic rings. The van der Waals surface area contributed by atoms with Gasteiger partial charge in [0.2, 0.25) is 0 Å². The van der Waals surface area contributed by atoms with Crippen LogP contribution in [0.4, 0.5) is 0 Å².